The van der Waals surface area contributed by atoms with Crippen LogP contribution in [0.4, 0.5) is 0 Å². The van der Waals surface area contributed by atoms with E-state index >= 15 is 0 Å². The average molecular weight is 285 g/mol. The van der Waals surface area contributed by atoms with Gasteiger partial charge in [-0.25, -0.2) is 0 Å². The lowest BCUT2D eigenvalue weighted by atomic mass is 9.35. The Morgan fingerprint density at radius 1 is 0.952 bits per heavy atom. The largest absolute Gasteiger partial charge is 0.496 e. The van der Waals surface area contributed by atoms with E-state index in [2.05, 4.69) is 46.8 Å². The Balaban J connectivity index is 1.53. The average Bonchev–Trinajstić information content (AvgIpc) is 2.54. The van der Waals surface area contributed by atoms with Crippen LogP contribution < -0.4 is 5.46 Å². The van der Waals surface area contributed by atoms with Gasteiger partial charge in [0, 0.05) is 22.8 Å². The fraction of sp³-hybridized carbons (Fsp3) is 0.706. The normalized spacial score (nSPS) is 38.8. The highest BCUT2D eigenvalue weighted by Crippen LogP contribution is 2.72. The summed E-state index contributed by atoms with van der Waals surface area (Å²) < 4.78 is 12.2. The summed E-state index contributed by atoms with van der Waals surface area (Å²) in [6.45, 7) is 10.7. The number of pyridine rings is 1. The molecule has 3 aliphatic carbocycles. The Hall–Kier alpha value is -0.865. The number of hydrogen-bond acceptors (Lipinski definition) is 3. The zero-order chi connectivity index (χ0) is 15.1. The molecule has 1 aromatic heterocycles. The van der Waals surface area contributed by atoms with Gasteiger partial charge in [-0.15, -0.1) is 0 Å². The maximum Gasteiger partial charge on any atom is 0.496 e. The van der Waals surface area contributed by atoms with Crippen molar-refractivity contribution in [2.45, 2.75) is 70.5 Å². The maximum atomic E-state index is 6.08. The summed E-state index contributed by atoms with van der Waals surface area (Å²) in [4.78, 5) is 4.72. The zero-order valence-corrected chi connectivity index (χ0v) is 13.7. The summed E-state index contributed by atoms with van der Waals surface area (Å²) in [5.74, 6) is 0. The summed E-state index contributed by atoms with van der Waals surface area (Å²) >= 11 is 0. The van der Waals surface area contributed by atoms with Crippen molar-refractivity contribution in [1.29, 1.82) is 0 Å². The van der Waals surface area contributed by atoms with Crippen LogP contribution in [-0.2, 0) is 14.7 Å². The van der Waals surface area contributed by atoms with Crippen LogP contribution in [0.15, 0.2) is 18.3 Å². The van der Waals surface area contributed by atoms with Crippen molar-refractivity contribution < 1.29 is 9.31 Å². The molecule has 5 rings (SSSR count). The molecule has 0 spiro atoms. The van der Waals surface area contributed by atoms with Crippen LogP contribution in [0.3, 0.4) is 0 Å². The second-order valence-corrected chi connectivity index (χ2v) is 8.69. The number of aromatic nitrogens is 1. The predicted molar refractivity (Wildman–Crippen MR) is 83.6 cm³/mol. The minimum atomic E-state index is -0.304. The molecule has 4 aliphatic rings. The Bertz CT molecular complexity index is 558. The fourth-order valence-corrected chi connectivity index (χ4v) is 4.40. The summed E-state index contributed by atoms with van der Waals surface area (Å²) in [6, 6.07) is 4.31. The molecule has 4 fully saturated rings. The van der Waals surface area contributed by atoms with E-state index in [0.717, 1.165) is 5.46 Å². The van der Waals surface area contributed by atoms with Gasteiger partial charge in [0.15, 0.2) is 0 Å². The van der Waals surface area contributed by atoms with E-state index in [1.165, 1.54) is 25.0 Å². The van der Waals surface area contributed by atoms with Gasteiger partial charge in [0.25, 0.3) is 0 Å². The number of nitrogens with zero attached hydrogens (tertiary/aromatic N) is 1. The third-order valence-electron chi connectivity index (χ3n) is 6.15. The van der Waals surface area contributed by atoms with Gasteiger partial charge >= 0.3 is 7.12 Å². The van der Waals surface area contributed by atoms with Gasteiger partial charge < -0.3 is 9.31 Å². The molecule has 21 heavy (non-hydrogen) atoms. The molecule has 1 aliphatic heterocycles. The fourth-order valence-electron chi connectivity index (χ4n) is 4.40. The molecule has 0 N–H and O–H groups in total. The third-order valence-corrected chi connectivity index (χ3v) is 6.15. The van der Waals surface area contributed by atoms with Crippen molar-refractivity contribution >= 4 is 12.6 Å². The van der Waals surface area contributed by atoms with E-state index in [1.807, 2.05) is 6.20 Å². The van der Waals surface area contributed by atoms with Crippen LogP contribution in [-0.4, -0.2) is 23.3 Å². The van der Waals surface area contributed by atoms with Crippen molar-refractivity contribution in [3.05, 3.63) is 24.0 Å². The van der Waals surface area contributed by atoms with Gasteiger partial charge in [0.2, 0.25) is 0 Å². The van der Waals surface area contributed by atoms with Crippen LogP contribution in [0.5, 0.6) is 0 Å². The smallest absolute Gasteiger partial charge is 0.399 e. The molecular weight excluding hydrogens is 261 g/mol. The second-order valence-electron chi connectivity index (χ2n) is 8.69. The zero-order valence-electron chi connectivity index (χ0n) is 13.7. The highest BCUT2D eigenvalue weighted by atomic mass is 16.7. The quantitative estimate of drug-likeness (QED) is 0.783. The SMILES string of the molecule is CC12CC(c3ccc(B4OC(C)(C)C(C)(C)O4)cn3)(C1)C2. The van der Waals surface area contributed by atoms with E-state index in [9.17, 15) is 0 Å². The summed E-state index contributed by atoms with van der Waals surface area (Å²) in [7, 11) is -0.304. The van der Waals surface area contributed by atoms with Gasteiger partial charge in [-0.05, 0) is 58.4 Å². The maximum absolute atomic E-state index is 6.08. The topological polar surface area (TPSA) is 31.4 Å². The Morgan fingerprint density at radius 3 is 1.95 bits per heavy atom. The Labute approximate surface area is 127 Å². The first-order valence-electron chi connectivity index (χ1n) is 7.97. The molecular formula is C17H24BNO2. The first-order chi connectivity index (χ1) is 9.65. The summed E-state index contributed by atoms with van der Waals surface area (Å²) in [6.07, 6.45) is 5.87. The predicted octanol–water partition coefficient (Wildman–Crippen LogP) is 2.82. The van der Waals surface area contributed by atoms with Gasteiger partial charge in [-0.2, -0.15) is 0 Å². The van der Waals surface area contributed by atoms with Crippen molar-refractivity contribution in [2.75, 3.05) is 0 Å². The molecule has 0 amide bonds. The highest BCUT2D eigenvalue weighted by molar-refractivity contribution is 6.62. The third kappa shape index (κ3) is 1.78. The summed E-state index contributed by atoms with van der Waals surface area (Å²) in [5, 5.41) is 0. The van der Waals surface area contributed by atoms with E-state index in [-0.39, 0.29) is 18.3 Å². The Kier molecular flexibility index (Phi) is 2.44. The Morgan fingerprint density at radius 2 is 1.52 bits per heavy atom. The first kappa shape index (κ1) is 13.8. The van der Waals surface area contributed by atoms with E-state index in [4.69, 9.17) is 14.3 Å². The minimum Gasteiger partial charge on any atom is -0.399 e. The minimum absolute atomic E-state index is 0.293. The molecule has 0 radical (unpaired) electrons. The van der Waals surface area contributed by atoms with Crippen LogP contribution in [0.25, 0.3) is 0 Å². The molecule has 3 nitrogen and oxygen atoms in total. The van der Waals surface area contributed by atoms with Gasteiger partial charge in [0.05, 0.1) is 11.2 Å². The second kappa shape index (κ2) is 3.72. The number of rotatable bonds is 2. The van der Waals surface area contributed by atoms with E-state index in [0.29, 0.717) is 10.8 Å². The molecule has 0 atom stereocenters. The van der Waals surface area contributed by atoms with Crippen LogP contribution >= 0.6 is 0 Å². The van der Waals surface area contributed by atoms with Crippen LogP contribution in [0.1, 0.15) is 59.6 Å². The molecule has 1 aromatic rings. The van der Waals surface area contributed by atoms with Crippen molar-refractivity contribution in [2.24, 2.45) is 5.41 Å². The lowest BCUT2D eigenvalue weighted by Gasteiger charge is -2.69. The van der Waals surface area contributed by atoms with E-state index < -0.39 is 0 Å². The van der Waals surface area contributed by atoms with Crippen molar-refractivity contribution in [3.8, 4) is 0 Å². The lowest BCUT2D eigenvalue weighted by molar-refractivity contribution is -0.128. The first-order valence-corrected chi connectivity index (χ1v) is 7.97. The van der Waals surface area contributed by atoms with Crippen molar-refractivity contribution in [3.63, 3.8) is 0 Å². The standard InChI is InChI=1S/C17H24BNO2/c1-14(2)15(3,4)21-18(20-14)12-6-7-13(19-8-12)17-9-16(5,10-17)11-17/h6-8H,9-11H2,1-5H3. The summed E-state index contributed by atoms with van der Waals surface area (Å²) in [5.41, 5.74) is 2.70. The molecule has 3 saturated carbocycles. The van der Waals surface area contributed by atoms with Gasteiger partial charge in [-0.1, -0.05) is 13.0 Å². The molecule has 2 bridgehead atoms. The molecule has 0 unspecified atom stereocenters. The van der Waals surface area contributed by atoms with Crippen LogP contribution in [0, 0.1) is 5.41 Å². The van der Waals surface area contributed by atoms with Crippen molar-refractivity contribution in [1.82, 2.24) is 4.98 Å². The molecule has 112 valence electrons. The highest BCUT2D eigenvalue weighted by Gasteiger charge is 2.66. The van der Waals surface area contributed by atoms with Gasteiger partial charge in [0.1, 0.15) is 0 Å². The lowest BCUT2D eigenvalue weighted by Crippen LogP contribution is -2.63. The number of hydrogen-bond donors (Lipinski definition) is 0. The van der Waals surface area contributed by atoms with Crippen LogP contribution in [0.2, 0.25) is 0 Å². The van der Waals surface area contributed by atoms with Gasteiger partial charge in [-0.3, -0.25) is 4.98 Å². The molecule has 2 heterocycles. The molecule has 1 saturated heterocycles. The van der Waals surface area contributed by atoms with E-state index in [1.54, 1.807) is 0 Å². The monoisotopic (exact) mass is 285 g/mol. The molecule has 0 aromatic carbocycles. The molecule has 4 heteroatoms.